The van der Waals surface area contributed by atoms with Crippen LogP contribution in [0.25, 0.3) is 0 Å². The smallest absolute Gasteiger partial charge is 0.270 e. The van der Waals surface area contributed by atoms with Gasteiger partial charge in [-0.05, 0) is 18.6 Å². The molecule has 0 radical (unpaired) electrons. The normalized spacial score (nSPS) is 10.1. The van der Waals surface area contributed by atoms with Crippen LogP contribution in [0.15, 0.2) is 30.9 Å². The summed E-state index contributed by atoms with van der Waals surface area (Å²) in [4.78, 5) is 22.6. The second-order valence-corrected chi connectivity index (χ2v) is 3.43. The van der Waals surface area contributed by atoms with Gasteiger partial charge in [0.05, 0.1) is 18.6 Å². The van der Waals surface area contributed by atoms with Crippen LogP contribution in [0.1, 0.15) is 21.7 Å². The fourth-order valence-corrected chi connectivity index (χ4v) is 1.36. The minimum Gasteiger partial charge on any atom is -0.347 e. The molecule has 0 unspecified atom stereocenters. The van der Waals surface area contributed by atoms with Gasteiger partial charge >= 0.3 is 0 Å². The molecule has 5 heteroatoms. The van der Waals surface area contributed by atoms with Crippen molar-refractivity contribution in [2.45, 2.75) is 13.5 Å². The zero-order valence-corrected chi connectivity index (χ0v) is 8.90. The first-order chi connectivity index (χ1) is 7.77. The molecule has 2 heterocycles. The monoisotopic (exact) mass is 216 g/mol. The molecule has 2 N–H and O–H groups in total. The van der Waals surface area contributed by atoms with Gasteiger partial charge in [0.25, 0.3) is 5.91 Å². The van der Waals surface area contributed by atoms with Crippen LogP contribution in [0.2, 0.25) is 0 Å². The lowest BCUT2D eigenvalue weighted by Gasteiger charge is -2.04. The van der Waals surface area contributed by atoms with Crippen LogP contribution in [-0.2, 0) is 6.54 Å². The lowest BCUT2D eigenvalue weighted by molar-refractivity contribution is 0.0945. The molecule has 2 aromatic heterocycles. The Balaban J connectivity index is 2.01. The molecule has 0 spiro atoms. The highest BCUT2D eigenvalue weighted by Gasteiger charge is 2.09. The van der Waals surface area contributed by atoms with Gasteiger partial charge in [0, 0.05) is 12.4 Å². The van der Waals surface area contributed by atoms with Crippen molar-refractivity contribution in [1.82, 2.24) is 20.3 Å². The summed E-state index contributed by atoms with van der Waals surface area (Å²) in [5.74, 6) is -0.173. The van der Waals surface area contributed by atoms with Crippen molar-refractivity contribution < 1.29 is 4.79 Å². The van der Waals surface area contributed by atoms with Crippen molar-refractivity contribution in [3.05, 3.63) is 47.8 Å². The summed E-state index contributed by atoms with van der Waals surface area (Å²) in [5.41, 5.74) is 2.19. The highest BCUT2D eigenvalue weighted by molar-refractivity contribution is 5.93. The third-order valence-corrected chi connectivity index (χ3v) is 2.22. The molecular weight excluding hydrogens is 204 g/mol. The number of pyridine rings is 1. The number of nitrogens with one attached hydrogen (secondary N) is 2. The first kappa shape index (κ1) is 10.4. The van der Waals surface area contributed by atoms with Crippen molar-refractivity contribution in [3.63, 3.8) is 0 Å². The third kappa shape index (κ3) is 2.25. The predicted octanol–water partition coefficient (Wildman–Crippen LogP) is 1.04. The Bertz CT molecular complexity index is 478. The van der Waals surface area contributed by atoms with E-state index < -0.39 is 0 Å². The molecule has 2 rings (SSSR count). The molecule has 5 nitrogen and oxygen atoms in total. The molecule has 0 fully saturated rings. The van der Waals surface area contributed by atoms with Crippen LogP contribution in [0, 0.1) is 6.92 Å². The van der Waals surface area contributed by atoms with E-state index in [2.05, 4.69) is 20.3 Å². The first-order valence-corrected chi connectivity index (χ1v) is 4.94. The van der Waals surface area contributed by atoms with Crippen LogP contribution < -0.4 is 5.32 Å². The summed E-state index contributed by atoms with van der Waals surface area (Å²) in [6.07, 6.45) is 4.86. The van der Waals surface area contributed by atoms with E-state index in [-0.39, 0.29) is 5.91 Å². The number of aromatic amines is 1. The summed E-state index contributed by atoms with van der Waals surface area (Å²) in [6, 6.07) is 3.67. The summed E-state index contributed by atoms with van der Waals surface area (Å²) in [7, 11) is 0. The number of rotatable bonds is 3. The van der Waals surface area contributed by atoms with Gasteiger partial charge in [0.15, 0.2) is 0 Å². The van der Waals surface area contributed by atoms with Gasteiger partial charge in [-0.2, -0.15) is 0 Å². The minimum absolute atomic E-state index is 0.173. The van der Waals surface area contributed by atoms with Crippen molar-refractivity contribution in [2.75, 3.05) is 0 Å². The molecule has 0 aliphatic carbocycles. The summed E-state index contributed by atoms with van der Waals surface area (Å²) in [5, 5.41) is 2.77. The zero-order chi connectivity index (χ0) is 11.4. The highest BCUT2D eigenvalue weighted by atomic mass is 16.1. The van der Waals surface area contributed by atoms with Crippen molar-refractivity contribution in [3.8, 4) is 0 Å². The Kier molecular flexibility index (Phi) is 2.95. The number of nitrogens with zero attached hydrogens (tertiary/aromatic N) is 2. The van der Waals surface area contributed by atoms with E-state index in [0.717, 1.165) is 11.3 Å². The van der Waals surface area contributed by atoms with E-state index >= 15 is 0 Å². The molecule has 0 bridgehead atoms. The van der Waals surface area contributed by atoms with Crippen molar-refractivity contribution in [1.29, 1.82) is 0 Å². The van der Waals surface area contributed by atoms with E-state index in [1.807, 2.05) is 13.0 Å². The van der Waals surface area contributed by atoms with Gasteiger partial charge in [-0.25, -0.2) is 4.98 Å². The molecule has 2 aromatic rings. The minimum atomic E-state index is -0.173. The molecule has 0 aliphatic rings. The lowest BCUT2D eigenvalue weighted by Crippen LogP contribution is -2.24. The van der Waals surface area contributed by atoms with E-state index in [9.17, 15) is 4.79 Å². The van der Waals surface area contributed by atoms with Gasteiger partial charge in [-0.3, -0.25) is 9.78 Å². The molecule has 0 saturated carbocycles. The fourth-order valence-electron chi connectivity index (χ4n) is 1.36. The molecule has 1 amide bonds. The average molecular weight is 216 g/mol. The second-order valence-electron chi connectivity index (χ2n) is 3.43. The summed E-state index contributed by atoms with van der Waals surface area (Å²) < 4.78 is 0. The Morgan fingerprint density at radius 3 is 3.12 bits per heavy atom. The van der Waals surface area contributed by atoms with Gasteiger partial charge in [0.2, 0.25) is 0 Å². The largest absolute Gasteiger partial charge is 0.347 e. The third-order valence-electron chi connectivity index (χ3n) is 2.22. The van der Waals surface area contributed by atoms with Crippen LogP contribution in [-0.4, -0.2) is 20.9 Å². The second kappa shape index (κ2) is 4.57. The first-order valence-electron chi connectivity index (χ1n) is 4.94. The van der Waals surface area contributed by atoms with Crippen LogP contribution >= 0.6 is 0 Å². The summed E-state index contributed by atoms with van der Waals surface area (Å²) in [6.45, 7) is 2.28. The van der Waals surface area contributed by atoms with E-state index in [4.69, 9.17) is 0 Å². The number of hydrogen-bond donors (Lipinski definition) is 2. The maximum Gasteiger partial charge on any atom is 0.270 e. The number of carbonyl (C=O) groups is 1. The lowest BCUT2D eigenvalue weighted by atomic mass is 10.2. The zero-order valence-electron chi connectivity index (χ0n) is 8.90. The van der Waals surface area contributed by atoms with Crippen LogP contribution in [0.3, 0.4) is 0 Å². The fraction of sp³-hybridized carbons (Fsp3) is 0.182. The van der Waals surface area contributed by atoms with E-state index in [1.54, 1.807) is 24.8 Å². The maximum absolute atomic E-state index is 11.8. The molecule has 0 aromatic carbocycles. The quantitative estimate of drug-likeness (QED) is 0.805. The molecule has 0 saturated heterocycles. The van der Waals surface area contributed by atoms with Crippen molar-refractivity contribution in [2.24, 2.45) is 0 Å². The van der Waals surface area contributed by atoms with Crippen LogP contribution in [0.5, 0.6) is 0 Å². The van der Waals surface area contributed by atoms with Gasteiger partial charge in [-0.1, -0.05) is 6.07 Å². The number of aromatic nitrogens is 3. The predicted molar refractivity (Wildman–Crippen MR) is 58.7 cm³/mol. The van der Waals surface area contributed by atoms with Crippen molar-refractivity contribution >= 4 is 5.91 Å². The Labute approximate surface area is 92.9 Å². The molecule has 0 atom stereocenters. The number of H-pyrrole nitrogens is 1. The molecule has 0 aliphatic heterocycles. The number of aryl methyl sites for hydroxylation is 1. The topological polar surface area (TPSA) is 70.7 Å². The van der Waals surface area contributed by atoms with Crippen LogP contribution in [0.4, 0.5) is 0 Å². The number of carbonyl (C=O) groups excluding carboxylic acids is 1. The van der Waals surface area contributed by atoms with E-state index in [1.165, 1.54) is 0 Å². The number of hydrogen-bond acceptors (Lipinski definition) is 3. The summed E-state index contributed by atoms with van der Waals surface area (Å²) >= 11 is 0. The van der Waals surface area contributed by atoms with Gasteiger partial charge in [-0.15, -0.1) is 0 Å². The molecule has 16 heavy (non-hydrogen) atoms. The highest BCUT2D eigenvalue weighted by Crippen LogP contribution is 2.03. The SMILES string of the molecule is Cc1cccnc1C(=O)NCc1cnc[nH]1. The van der Waals surface area contributed by atoms with Gasteiger partial charge < -0.3 is 10.3 Å². The molecule has 82 valence electrons. The standard InChI is InChI=1S/C11H12N4O/c1-8-3-2-4-13-10(8)11(16)14-6-9-5-12-7-15-9/h2-5,7H,6H2,1H3,(H,12,15)(H,14,16). The Morgan fingerprint density at radius 2 is 2.44 bits per heavy atom. The van der Waals surface area contributed by atoms with Gasteiger partial charge in [0.1, 0.15) is 5.69 Å². The van der Waals surface area contributed by atoms with E-state index in [0.29, 0.717) is 12.2 Å². The maximum atomic E-state index is 11.8. The molecular formula is C11H12N4O. The number of amides is 1. The average Bonchev–Trinajstić information content (AvgIpc) is 2.79. The Morgan fingerprint density at radius 1 is 1.56 bits per heavy atom. The number of imidazole rings is 1. The Hall–Kier alpha value is -2.17.